The Bertz CT molecular complexity index is 957. The zero-order valence-corrected chi connectivity index (χ0v) is 19.0. The van der Waals surface area contributed by atoms with Gasteiger partial charge in [-0.25, -0.2) is 13.1 Å². The van der Waals surface area contributed by atoms with Crippen LogP contribution in [-0.2, 0) is 21.2 Å². The van der Waals surface area contributed by atoms with Gasteiger partial charge in [0.15, 0.2) is 0 Å². The van der Waals surface area contributed by atoms with Gasteiger partial charge in [0.2, 0.25) is 5.96 Å². The largest absolute Gasteiger partial charge is 0.487 e. The van der Waals surface area contributed by atoms with Crippen LogP contribution in [-0.4, -0.2) is 43.6 Å². The summed E-state index contributed by atoms with van der Waals surface area (Å²) < 4.78 is 34.4. The Morgan fingerprint density at radius 2 is 1.90 bits per heavy atom. The summed E-state index contributed by atoms with van der Waals surface area (Å²) in [6.07, 6.45) is 1.46. The summed E-state index contributed by atoms with van der Waals surface area (Å²) >= 11 is 0. The van der Waals surface area contributed by atoms with E-state index in [1.807, 2.05) is 20.8 Å². The molecule has 0 radical (unpaired) electrons. The minimum atomic E-state index is -3.97. The first-order valence-electron chi connectivity index (χ1n) is 9.89. The predicted molar refractivity (Wildman–Crippen MR) is 115 cm³/mol. The van der Waals surface area contributed by atoms with Crippen LogP contribution in [0.3, 0.4) is 0 Å². The van der Waals surface area contributed by atoms with Gasteiger partial charge >= 0.3 is 5.97 Å². The third kappa shape index (κ3) is 5.42. The number of hydrogen-bond acceptors (Lipinski definition) is 6. The van der Waals surface area contributed by atoms with Crippen molar-refractivity contribution in [3.8, 4) is 5.75 Å². The second-order valence-electron chi connectivity index (χ2n) is 8.46. The van der Waals surface area contributed by atoms with Crippen molar-refractivity contribution in [2.75, 3.05) is 6.54 Å². The Labute approximate surface area is 177 Å². The molecule has 0 aliphatic carbocycles. The number of sulfonamides is 1. The minimum absolute atomic E-state index is 0.124. The molecule has 168 valence electrons. The highest BCUT2D eigenvalue weighted by atomic mass is 32.2. The first-order valence-corrected chi connectivity index (χ1v) is 11.4. The highest BCUT2D eigenvalue weighted by Gasteiger charge is 2.36. The SMILES string of the molecule is Cc1c(C)c(S(=O)(=O)NC(=N)NCCC[C@@H](N)CC(=O)O)c(C)c2c1OC(C)(C)C2. The number of nitrogens with two attached hydrogens (primary N) is 1. The maximum atomic E-state index is 13.0. The molecule has 0 amide bonds. The third-order valence-corrected chi connectivity index (χ3v) is 6.91. The number of hydrogen-bond donors (Lipinski definition) is 5. The topological polar surface area (TPSA) is 155 Å². The second-order valence-corrected chi connectivity index (χ2v) is 10.1. The first-order chi connectivity index (χ1) is 13.7. The lowest BCUT2D eigenvalue weighted by Crippen LogP contribution is -2.41. The average molecular weight is 441 g/mol. The molecule has 0 bridgehead atoms. The smallest absolute Gasteiger partial charge is 0.304 e. The van der Waals surface area contributed by atoms with E-state index in [1.54, 1.807) is 13.8 Å². The van der Waals surface area contributed by atoms with E-state index in [-0.39, 0.29) is 17.3 Å². The Kier molecular flexibility index (Phi) is 7.03. The number of nitrogens with one attached hydrogen (secondary N) is 3. The Hall–Kier alpha value is -2.33. The second kappa shape index (κ2) is 8.81. The highest BCUT2D eigenvalue weighted by Crippen LogP contribution is 2.43. The van der Waals surface area contributed by atoms with Gasteiger partial charge < -0.3 is 20.9 Å². The van der Waals surface area contributed by atoms with E-state index in [9.17, 15) is 13.2 Å². The van der Waals surface area contributed by atoms with Crippen LogP contribution in [0.1, 0.15) is 55.4 Å². The zero-order valence-electron chi connectivity index (χ0n) is 18.2. The van der Waals surface area contributed by atoms with Crippen molar-refractivity contribution in [2.24, 2.45) is 5.73 Å². The summed E-state index contributed by atoms with van der Waals surface area (Å²) in [5.41, 5.74) is 8.21. The summed E-state index contributed by atoms with van der Waals surface area (Å²) in [5, 5.41) is 19.4. The molecule has 1 aliphatic rings. The lowest BCUT2D eigenvalue weighted by Gasteiger charge is -2.19. The number of aliphatic carboxylic acids is 1. The van der Waals surface area contributed by atoms with Crippen molar-refractivity contribution in [3.63, 3.8) is 0 Å². The number of benzene rings is 1. The van der Waals surface area contributed by atoms with E-state index in [0.29, 0.717) is 36.9 Å². The molecular weight excluding hydrogens is 408 g/mol. The fraction of sp³-hybridized carbons (Fsp3) is 0.600. The molecule has 9 nitrogen and oxygen atoms in total. The van der Waals surface area contributed by atoms with Gasteiger partial charge in [-0.3, -0.25) is 10.2 Å². The monoisotopic (exact) mass is 440 g/mol. The molecular formula is C20H32N4O5S. The van der Waals surface area contributed by atoms with Gasteiger partial charge in [0.25, 0.3) is 10.0 Å². The number of ether oxygens (including phenoxy) is 1. The van der Waals surface area contributed by atoms with Crippen LogP contribution in [0.5, 0.6) is 5.75 Å². The molecule has 1 aromatic carbocycles. The van der Waals surface area contributed by atoms with E-state index >= 15 is 0 Å². The van der Waals surface area contributed by atoms with Crippen molar-refractivity contribution in [1.82, 2.24) is 10.0 Å². The number of guanidine groups is 1. The van der Waals surface area contributed by atoms with Gasteiger partial charge in [0.1, 0.15) is 11.4 Å². The Balaban J connectivity index is 2.09. The van der Waals surface area contributed by atoms with Crippen LogP contribution in [0.4, 0.5) is 0 Å². The molecule has 0 spiro atoms. The van der Waals surface area contributed by atoms with Crippen LogP contribution in [0.15, 0.2) is 4.90 Å². The van der Waals surface area contributed by atoms with Crippen molar-refractivity contribution in [1.29, 1.82) is 5.41 Å². The standard InChI is InChI=1S/C20H32N4O5S/c1-11-12(2)18(13(3)15-10-20(4,5)29-17(11)15)30(27,28)24-19(22)23-8-6-7-14(21)9-16(25)26/h14H,6-10,21H2,1-5H3,(H,25,26)(H3,22,23,24)/t14-/m1/s1. The highest BCUT2D eigenvalue weighted by molar-refractivity contribution is 7.90. The normalized spacial score (nSPS) is 15.8. The van der Waals surface area contributed by atoms with Crippen molar-refractivity contribution < 1.29 is 23.1 Å². The van der Waals surface area contributed by atoms with E-state index in [2.05, 4.69) is 10.0 Å². The van der Waals surface area contributed by atoms with Crippen LogP contribution in [0.2, 0.25) is 0 Å². The quantitative estimate of drug-likeness (QED) is 0.234. The zero-order chi connectivity index (χ0) is 22.9. The maximum absolute atomic E-state index is 13.0. The number of carboxylic acids is 1. The van der Waals surface area contributed by atoms with Gasteiger partial charge in [0.05, 0.1) is 11.3 Å². The van der Waals surface area contributed by atoms with Crippen LogP contribution >= 0.6 is 0 Å². The summed E-state index contributed by atoms with van der Waals surface area (Å²) in [7, 11) is -3.97. The number of rotatable bonds is 8. The fourth-order valence-electron chi connectivity index (χ4n) is 3.77. The molecule has 0 saturated carbocycles. The molecule has 1 atom stereocenters. The Morgan fingerprint density at radius 1 is 1.27 bits per heavy atom. The third-order valence-electron chi connectivity index (χ3n) is 5.29. The Morgan fingerprint density at radius 3 is 2.50 bits per heavy atom. The lowest BCUT2D eigenvalue weighted by molar-refractivity contribution is -0.137. The van der Waals surface area contributed by atoms with Gasteiger partial charge in [-0.05, 0) is 64.2 Å². The van der Waals surface area contributed by atoms with Crippen molar-refractivity contribution in [2.45, 2.75) is 76.8 Å². The van der Waals surface area contributed by atoms with Gasteiger partial charge in [0, 0.05) is 24.6 Å². The molecule has 30 heavy (non-hydrogen) atoms. The molecule has 0 unspecified atom stereocenters. The van der Waals surface area contributed by atoms with Gasteiger partial charge in [-0.2, -0.15) is 0 Å². The molecule has 10 heteroatoms. The van der Waals surface area contributed by atoms with Crippen molar-refractivity contribution >= 4 is 22.0 Å². The molecule has 1 aromatic rings. The van der Waals surface area contributed by atoms with E-state index in [0.717, 1.165) is 16.9 Å². The average Bonchev–Trinajstić information content (AvgIpc) is 2.92. The predicted octanol–water partition coefficient (Wildman–Crippen LogP) is 1.71. The molecule has 2 rings (SSSR count). The van der Waals surface area contributed by atoms with Crippen molar-refractivity contribution in [3.05, 3.63) is 22.3 Å². The molecule has 1 heterocycles. The van der Waals surface area contributed by atoms with Gasteiger partial charge in [-0.1, -0.05) is 0 Å². The molecule has 0 fully saturated rings. The summed E-state index contributed by atoms with van der Waals surface area (Å²) in [5.74, 6) is -0.546. The van der Waals surface area contributed by atoms with Crippen LogP contribution < -0.4 is 20.5 Å². The first kappa shape index (κ1) is 23.9. The number of carboxylic acid groups (broad SMARTS) is 1. The number of carbonyl (C=O) groups is 1. The van der Waals surface area contributed by atoms with Crippen LogP contribution in [0, 0.1) is 26.2 Å². The minimum Gasteiger partial charge on any atom is -0.487 e. The van der Waals surface area contributed by atoms with E-state index in [1.165, 1.54) is 0 Å². The molecule has 0 aromatic heterocycles. The summed E-state index contributed by atoms with van der Waals surface area (Å²) in [6.45, 7) is 9.60. The summed E-state index contributed by atoms with van der Waals surface area (Å²) in [4.78, 5) is 10.8. The fourth-order valence-corrected chi connectivity index (χ4v) is 5.30. The molecule has 1 aliphatic heterocycles. The maximum Gasteiger partial charge on any atom is 0.304 e. The van der Waals surface area contributed by atoms with E-state index in [4.69, 9.17) is 21.0 Å². The number of fused-ring (bicyclic) bond motifs is 1. The molecule has 0 saturated heterocycles. The van der Waals surface area contributed by atoms with Gasteiger partial charge in [-0.15, -0.1) is 0 Å². The molecule has 6 N–H and O–H groups in total. The summed E-state index contributed by atoms with van der Waals surface area (Å²) in [6, 6.07) is -0.471. The van der Waals surface area contributed by atoms with Crippen LogP contribution in [0.25, 0.3) is 0 Å². The lowest BCUT2D eigenvalue weighted by atomic mass is 9.94. The van der Waals surface area contributed by atoms with E-state index < -0.39 is 27.6 Å².